The van der Waals surface area contributed by atoms with Gasteiger partial charge < -0.3 is 10.5 Å². The number of benzene rings is 1. The molecule has 0 bridgehead atoms. The summed E-state index contributed by atoms with van der Waals surface area (Å²) in [6.07, 6.45) is 0.706. The van der Waals surface area contributed by atoms with Gasteiger partial charge in [-0.05, 0) is 18.2 Å². The smallest absolute Gasteiger partial charge is 0.143 e. The van der Waals surface area contributed by atoms with Crippen molar-refractivity contribution in [2.45, 2.75) is 44.8 Å². The van der Waals surface area contributed by atoms with Crippen LogP contribution in [-0.2, 0) is 5.41 Å². The first kappa shape index (κ1) is 15.0. The number of ether oxygens (including phenoxy) is 1. The van der Waals surface area contributed by atoms with Crippen molar-refractivity contribution in [3.05, 3.63) is 44.3 Å². The first-order valence-electron chi connectivity index (χ1n) is 7.02. The van der Waals surface area contributed by atoms with Crippen molar-refractivity contribution in [2.75, 3.05) is 0 Å². The van der Waals surface area contributed by atoms with E-state index in [1.165, 1.54) is 0 Å². The molecule has 1 aromatic carbocycles. The number of thiazole rings is 1. The number of rotatable bonds is 1. The second-order valence-corrected chi connectivity index (χ2v) is 8.23. The van der Waals surface area contributed by atoms with Crippen molar-refractivity contribution in [3.8, 4) is 5.75 Å². The molecule has 1 aliphatic rings. The van der Waals surface area contributed by atoms with Crippen LogP contribution in [0.4, 0.5) is 0 Å². The van der Waals surface area contributed by atoms with Crippen LogP contribution in [-0.4, -0.2) is 4.98 Å². The van der Waals surface area contributed by atoms with Crippen LogP contribution in [0.15, 0.2) is 28.1 Å². The lowest BCUT2D eigenvalue weighted by Crippen LogP contribution is -2.24. The fraction of sp³-hybridized carbons (Fsp3) is 0.438. The zero-order valence-electron chi connectivity index (χ0n) is 12.4. The molecule has 3 rings (SSSR count). The highest BCUT2D eigenvalue weighted by molar-refractivity contribution is 9.10. The summed E-state index contributed by atoms with van der Waals surface area (Å²) in [5, 5.41) is 3.23. The average molecular weight is 367 g/mol. The Kier molecular flexibility index (Phi) is 3.84. The molecular formula is C16H19BrN2OS. The van der Waals surface area contributed by atoms with Crippen LogP contribution < -0.4 is 10.5 Å². The molecule has 0 saturated heterocycles. The Bertz CT molecular complexity index is 663. The summed E-state index contributed by atoms with van der Waals surface area (Å²) in [7, 11) is 0. The molecule has 112 valence electrons. The predicted molar refractivity (Wildman–Crippen MR) is 89.9 cm³/mol. The molecule has 0 fully saturated rings. The first-order chi connectivity index (χ1) is 9.84. The van der Waals surface area contributed by atoms with E-state index in [4.69, 9.17) is 15.5 Å². The number of hydrogen-bond donors (Lipinski definition) is 1. The van der Waals surface area contributed by atoms with Gasteiger partial charge in [-0.3, -0.25) is 0 Å². The molecule has 2 heterocycles. The number of nitrogens with zero attached hydrogens (tertiary/aromatic N) is 1. The van der Waals surface area contributed by atoms with Gasteiger partial charge in [0.25, 0.3) is 0 Å². The maximum Gasteiger partial charge on any atom is 0.143 e. The molecule has 1 aromatic heterocycles. The van der Waals surface area contributed by atoms with E-state index in [1.807, 2.05) is 18.2 Å². The molecule has 5 heteroatoms. The third-order valence-electron chi connectivity index (χ3n) is 3.60. The van der Waals surface area contributed by atoms with Crippen molar-refractivity contribution in [3.63, 3.8) is 0 Å². The SMILES string of the molecule is CC(C)(C)c1nc(C2C[C@@H](N)c3cc(Br)ccc3O2)cs1. The van der Waals surface area contributed by atoms with E-state index < -0.39 is 0 Å². The van der Waals surface area contributed by atoms with Crippen molar-refractivity contribution in [2.24, 2.45) is 5.73 Å². The fourth-order valence-electron chi connectivity index (χ4n) is 2.44. The molecule has 3 nitrogen and oxygen atoms in total. The molecule has 0 saturated carbocycles. The van der Waals surface area contributed by atoms with Gasteiger partial charge in [0.2, 0.25) is 0 Å². The second kappa shape index (κ2) is 5.38. The van der Waals surface area contributed by atoms with Gasteiger partial charge in [-0.25, -0.2) is 4.98 Å². The minimum absolute atomic E-state index is 0.0176. The average Bonchev–Trinajstić information content (AvgIpc) is 2.89. The molecular weight excluding hydrogens is 348 g/mol. The molecule has 21 heavy (non-hydrogen) atoms. The van der Waals surface area contributed by atoms with Crippen LogP contribution in [0, 0.1) is 0 Å². The van der Waals surface area contributed by atoms with Crippen LogP contribution in [0.3, 0.4) is 0 Å². The Balaban J connectivity index is 1.89. The minimum Gasteiger partial charge on any atom is -0.484 e. The van der Waals surface area contributed by atoms with Gasteiger partial charge in [0.05, 0.1) is 10.7 Å². The second-order valence-electron chi connectivity index (χ2n) is 6.46. The van der Waals surface area contributed by atoms with E-state index in [0.29, 0.717) is 0 Å². The third-order valence-corrected chi connectivity index (χ3v) is 5.38. The van der Waals surface area contributed by atoms with Gasteiger partial charge in [-0.1, -0.05) is 36.7 Å². The Morgan fingerprint density at radius 1 is 1.38 bits per heavy atom. The van der Waals surface area contributed by atoms with Crippen LogP contribution >= 0.6 is 27.3 Å². The summed E-state index contributed by atoms with van der Waals surface area (Å²) < 4.78 is 7.14. The van der Waals surface area contributed by atoms with E-state index in [2.05, 4.69) is 42.1 Å². The molecule has 2 atom stereocenters. The Labute approximate surface area is 137 Å². The summed E-state index contributed by atoms with van der Waals surface area (Å²) >= 11 is 5.18. The summed E-state index contributed by atoms with van der Waals surface area (Å²) in [4.78, 5) is 4.76. The molecule has 0 aliphatic carbocycles. The van der Waals surface area contributed by atoms with Crippen LogP contribution in [0.25, 0.3) is 0 Å². The minimum atomic E-state index is -0.0546. The van der Waals surface area contributed by atoms with Gasteiger partial charge in [0.15, 0.2) is 0 Å². The zero-order valence-corrected chi connectivity index (χ0v) is 14.8. The fourth-order valence-corrected chi connectivity index (χ4v) is 3.76. The maximum absolute atomic E-state index is 6.31. The van der Waals surface area contributed by atoms with E-state index in [9.17, 15) is 0 Å². The standard InChI is InChI=1S/C16H19BrN2OS/c1-16(2,3)15-19-12(8-21-15)14-7-11(18)10-6-9(17)4-5-13(10)20-14/h4-6,8,11,14H,7,18H2,1-3H3/t11-,14?/m1/s1. The highest BCUT2D eigenvalue weighted by Crippen LogP contribution is 2.41. The summed E-state index contributed by atoms with van der Waals surface area (Å²) in [5.74, 6) is 0.868. The first-order valence-corrected chi connectivity index (χ1v) is 8.69. The third kappa shape index (κ3) is 3.00. The number of fused-ring (bicyclic) bond motifs is 1. The van der Waals surface area contributed by atoms with E-state index in [1.54, 1.807) is 11.3 Å². The zero-order chi connectivity index (χ0) is 15.2. The summed E-state index contributed by atoms with van der Waals surface area (Å²) in [5.41, 5.74) is 8.44. The van der Waals surface area contributed by atoms with Crippen LogP contribution in [0.2, 0.25) is 0 Å². The lowest BCUT2D eigenvalue weighted by molar-refractivity contribution is 0.157. The monoisotopic (exact) mass is 366 g/mol. The lowest BCUT2D eigenvalue weighted by Gasteiger charge is -2.29. The molecule has 2 N–H and O–H groups in total. The number of hydrogen-bond acceptors (Lipinski definition) is 4. The van der Waals surface area contributed by atoms with Crippen molar-refractivity contribution >= 4 is 27.3 Å². The van der Waals surface area contributed by atoms with Gasteiger partial charge in [0, 0.05) is 33.3 Å². The van der Waals surface area contributed by atoms with Crippen LogP contribution in [0.5, 0.6) is 5.75 Å². The molecule has 2 aromatic rings. The Morgan fingerprint density at radius 2 is 2.14 bits per heavy atom. The van der Waals surface area contributed by atoms with Gasteiger partial charge in [-0.2, -0.15) is 0 Å². The molecule has 0 radical (unpaired) electrons. The van der Waals surface area contributed by atoms with Crippen LogP contribution in [0.1, 0.15) is 55.6 Å². The van der Waals surface area contributed by atoms with E-state index in [-0.39, 0.29) is 17.6 Å². The molecule has 1 aliphatic heterocycles. The van der Waals surface area contributed by atoms with Gasteiger partial charge in [0.1, 0.15) is 11.9 Å². The quantitative estimate of drug-likeness (QED) is 0.793. The molecule has 1 unspecified atom stereocenters. The number of aromatic nitrogens is 1. The number of halogens is 1. The normalized spacial score (nSPS) is 21.8. The van der Waals surface area contributed by atoms with Gasteiger partial charge >= 0.3 is 0 Å². The summed E-state index contributed by atoms with van der Waals surface area (Å²) in [6.45, 7) is 6.53. The van der Waals surface area contributed by atoms with Gasteiger partial charge in [-0.15, -0.1) is 11.3 Å². The Morgan fingerprint density at radius 3 is 2.81 bits per heavy atom. The summed E-state index contributed by atoms with van der Waals surface area (Å²) in [6, 6.07) is 5.98. The number of nitrogens with two attached hydrogens (primary N) is 1. The maximum atomic E-state index is 6.31. The van der Waals surface area contributed by atoms with E-state index >= 15 is 0 Å². The lowest BCUT2D eigenvalue weighted by atomic mass is 9.95. The predicted octanol–water partition coefficient (Wildman–Crippen LogP) is 4.73. The van der Waals surface area contributed by atoms with Crippen molar-refractivity contribution in [1.29, 1.82) is 0 Å². The van der Waals surface area contributed by atoms with Crippen molar-refractivity contribution < 1.29 is 4.74 Å². The van der Waals surface area contributed by atoms with Crippen molar-refractivity contribution in [1.82, 2.24) is 4.98 Å². The Hall–Kier alpha value is -0.910. The highest BCUT2D eigenvalue weighted by atomic mass is 79.9. The topological polar surface area (TPSA) is 48.1 Å². The largest absolute Gasteiger partial charge is 0.484 e. The molecule has 0 spiro atoms. The molecule has 0 amide bonds. The van der Waals surface area contributed by atoms with E-state index in [0.717, 1.165) is 32.9 Å². The highest BCUT2D eigenvalue weighted by Gasteiger charge is 2.30.